The fourth-order valence-electron chi connectivity index (χ4n) is 3.31. The summed E-state index contributed by atoms with van der Waals surface area (Å²) >= 11 is 1.64. The first-order valence-corrected chi connectivity index (χ1v) is 9.69. The molecule has 0 bridgehead atoms. The lowest BCUT2D eigenvalue weighted by Gasteiger charge is -2.28. The summed E-state index contributed by atoms with van der Waals surface area (Å²) in [4.78, 5) is 21.9. The van der Waals surface area contributed by atoms with Crippen molar-refractivity contribution in [2.24, 2.45) is 5.92 Å². The first kappa shape index (κ1) is 17.4. The lowest BCUT2D eigenvalue weighted by atomic mass is 9.88. The summed E-state index contributed by atoms with van der Waals surface area (Å²) in [5.41, 5.74) is 2.23. The third-order valence-electron chi connectivity index (χ3n) is 4.75. The van der Waals surface area contributed by atoms with E-state index in [4.69, 9.17) is 4.98 Å². The van der Waals surface area contributed by atoms with E-state index >= 15 is 0 Å². The Hall–Kier alpha value is -1.46. The maximum absolute atomic E-state index is 13.1. The van der Waals surface area contributed by atoms with Crippen LogP contribution in [0.4, 0.5) is 5.13 Å². The van der Waals surface area contributed by atoms with Crippen molar-refractivity contribution in [3.8, 4) is 0 Å². The highest BCUT2D eigenvalue weighted by Gasteiger charge is 2.28. The second-order valence-corrected chi connectivity index (χ2v) is 8.10. The summed E-state index contributed by atoms with van der Waals surface area (Å²) in [6.45, 7) is 3.66. The Kier molecular flexibility index (Phi) is 5.51. The normalized spacial score (nSPS) is 16.0. The molecule has 0 unspecified atom stereocenters. The van der Waals surface area contributed by atoms with Crippen LogP contribution in [0.25, 0.3) is 10.2 Å². The molecule has 130 valence electrons. The van der Waals surface area contributed by atoms with Crippen LogP contribution in [-0.2, 0) is 4.79 Å². The van der Waals surface area contributed by atoms with Crippen LogP contribution >= 0.6 is 11.3 Å². The topological polar surface area (TPSA) is 36.4 Å². The number of benzene rings is 1. The number of fused-ring (bicyclic) bond motifs is 1. The quantitative estimate of drug-likeness (QED) is 0.819. The Morgan fingerprint density at radius 2 is 1.96 bits per heavy atom. The van der Waals surface area contributed by atoms with Gasteiger partial charge in [0.1, 0.15) is 0 Å². The number of carbonyl (C=O) groups excluding carboxylic acids is 1. The van der Waals surface area contributed by atoms with Gasteiger partial charge in [-0.05, 0) is 51.6 Å². The zero-order valence-electron chi connectivity index (χ0n) is 14.9. The van der Waals surface area contributed by atoms with Gasteiger partial charge in [-0.25, -0.2) is 4.98 Å². The minimum absolute atomic E-state index is 0.176. The van der Waals surface area contributed by atoms with Gasteiger partial charge in [0, 0.05) is 19.0 Å². The van der Waals surface area contributed by atoms with Crippen molar-refractivity contribution in [2.45, 2.75) is 39.0 Å². The molecule has 2 aromatic rings. The molecule has 1 amide bonds. The average molecular weight is 346 g/mol. The largest absolute Gasteiger partial charge is 0.308 e. The van der Waals surface area contributed by atoms with Gasteiger partial charge in [-0.1, -0.05) is 36.7 Å². The summed E-state index contributed by atoms with van der Waals surface area (Å²) in [6.07, 6.45) is 5.68. The molecule has 0 aliphatic heterocycles. The zero-order valence-corrected chi connectivity index (χ0v) is 15.7. The van der Waals surface area contributed by atoms with Crippen LogP contribution in [0.1, 0.15) is 37.7 Å². The summed E-state index contributed by atoms with van der Waals surface area (Å²) in [5.74, 6) is 0.446. The minimum atomic E-state index is 0.176. The van der Waals surface area contributed by atoms with Crippen LogP contribution in [0.5, 0.6) is 0 Å². The van der Waals surface area contributed by atoms with E-state index in [9.17, 15) is 4.79 Å². The molecule has 1 aromatic heterocycles. The fourth-order valence-corrected chi connectivity index (χ4v) is 4.40. The molecule has 1 aromatic carbocycles. The number of carbonyl (C=O) groups is 1. The molecule has 3 rings (SSSR count). The van der Waals surface area contributed by atoms with Gasteiger partial charge in [-0.2, -0.15) is 0 Å². The van der Waals surface area contributed by atoms with Crippen molar-refractivity contribution in [3.63, 3.8) is 0 Å². The summed E-state index contributed by atoms with van der Waals surface area (Å²) < 4.78 is 1.16. The van der Waals surface area contributed by atoms with Crippen LogP contribution in [0.15, 0.2) is 18.2 Å². The molecule has 1 aliphatic rings. The van der Waals surface area contributed by atoms with Crippen LogP contribution in [0.2, 0.25) is 0 Å². The second-order valence-electron chi connectivity index (χ2n) is 7.10. The molecule has 0 radical (unpaired) electrons. The van der Waals surface area contributed by atoms with E-state index in [1.165, 1.54) is 24.8 Å². The van der Waals surface area contributed by atoms with Crippen molar-refractivity contribution < 1.29 is 4.79 Å². The molecule has 1 heterocycles. The Labute approximate surface area is 148 Å². The third-order valence-corrected chi connectivity index (χ3v) is 5.80. The van der Waals surface area contributed by atoms with Gasteiger partial charge in [0.15, 0.2) is 5.13 Å². The molecule has 0 N–H and O–H groups in total. The van der Waals surface area contributed by atoms with Gasteiger partial charge in [0.05, 0.1) is 10.2 Å². The molecule has 1 saturated carbocycles. The molecule has 1 fully saturated rings. The van der Waals surface area contributed by atoms with E-state index in [0.717, 1.165) is 34.7 Å². The maximum atomic E-state index is 13.1. The fraction of sp³-hybridized carbons (Fsp3) is 0.579. The molecule has 1 aliphatic carbocycles. The predicted molar refractivity (Wildman–Crippen MR) is 102 cm³/mol. The molecule has 4 nitrogen and oxygen atoms in total. The lowest BCUT2D eigenvalue weighted by Crippen LogP contribution is -2.41. The Balaban J connectivity index is 1.88. The van der Waals surface area contributed by atoms with Gasteiger partial charge in [-0.15, -0.1) is 0 Å². The number of amides is 1. The number of aromatic nitrogens is 1. The molecule has 0 atom stereocenters. The number of hydrogen-bond donors (Lipinski definition) is 0. The SMILES string of the molecule is Cc1ccc2nc(N(CCN(C)C)C(=O)C3CCCCC3)sc2c1. The first-order valence-electron chi connectivity index (χ1n) is 8.88. The predicted octanol–water partition coefficient (Wildman–Crippen LogP) is 4.08. The van der Waals surface area contributed by atoms with Gasteiger partial charge in [0.2, 0.25) is 5.91 Å². The van der Waals surface area contributed by atoms with Crippen LogP contribution in [0.3, 0.4) is 0 Å². The lowest BCUT2D eigenvalue weighted by molar-refractivity contribution is -0.123. The van der Waals surface area contributed by atoms with E-state index in [1.807, 2.05) is 19.0 Å². The standard InChI is InChI=1S/C19H27N3OS/c1-14-9-10-16-17(13-14)24-19(20-16)22(12-11-21(2)3)18(23)15-7-5-4-6-8-15/h9-10,13,15H,4-8,11-12H2,1-3H3. The maximum Gasteiger partial charge on any atom is 0.231 e. The molecule has 0 spiro atoms. The van der Waals surface area contributed by atoms with Crippen LogP contribution < -0.4 is 4.90 Å². The molecule has 5 heteroatoms. The van der Waals surface area contributed by atoms with Gasteiger partial charge in [-0.3, -0.25) is 9.69 Å². The second kappa shape index (κ2) is 7.62. The number of thiazole rings is 1. The number of nitrogens with zero attached hydrogens (tertiary/aromatic N) is 3. The van der Waals surface area contributed by atoms with Crippen molar-refractivity contribution in [1.82, 2.24) is 9.88 Å². The van der Waals surface area contributed by atoms with Gasteiger partial charge in [0.25, 0.3) is 0 Å². The van der Waals surface area contributed by atoms with E-state index in [-0.39, 0.29) is 11.8 Å². The highest BCUT2D eigenvalue weighted by atomic mass is 32.1. The summed E-state index contributed by atoms with van der Waals surface area (Å²) in [6, 6.07) is 6.30. The van der Waals surface area contributed by atoms with Crippen LogP contribution in [0, 0.1) is 12.8 Å². The van der Waals surface area contributed by atoms with Crippen molar-refractivity contribution in [1.29, 1.82) is 0 Å². The number of rotatable bonds is 5. The first-order chi connectivity index (χ1) is 11.5. The molecular weight excluding hydrogens is 318 g/mol. The molecular formula is C19H27N3OS. The number of anilines is 1. The third kappa shape index (κ3) is 3.95. The zero-order chi connectivity index (χ0) is 17.1. The van der Waals surface area contributed by atoms with Crippen molar-refractivity contribution in [3.05, 3.63) is 23.8 Å². The summed E-state index contributed by atoms with van der Waals surface area (Å²) in [7, 11) is 4.09. The van der Waals surface area contributed by atoms with E-state index in [1.54, 1.807) is 11.3 Å². The molecule has 0 saturated heterocycles. The van der Waals surface area contributed by atoms with Gasteiger partial charge < -0.3 is 4.90 Å². The number of aryl methyl sites for hydroxylation is 1. The monoisotopic (exact) mass is 345 g/mol. The number of hydrogen-bond acceptors (Lipinski definition) is 4. The van der Waals surface area contributed by atoms with E-state index < -0.39 is 0 Å². The Morgan fingerprint density at radius 3 is 2.67 bits per heavy atom. The number of likely N-dealkylation sites (N-methyl/N-ethyl adjacent to an activating group) is 1. The Morgan fingerprint density at radius 1 is 1.21 bits per heavy atom. The highest BCUT2D eigenvalue weighted by Crippen LogP contribution is 2.32. The minimum Gasteiger partial charge on any atom is -0.308 e. The average Bonchev–Trinajstić information content (AvgIpc) is 2.98. The van der Waals surface area contributed by atoms with E-state index in [2.05, 4.69) is 30.0 Å². The van der Waals surface area contributed by atoms with Gasteiger partial charge >= 0.3 is 0 Å². The van der Waals surface area contributed by atoms with Crippen LogP contribution in [-0.4, -0.2) is 43.0 Å². The molecule has 24 heavy (non-hydrogen) atoms. The highest BCUT2D eigenvalue weighted by molar-refractivity contribution is 7.22. The van der Waals surface area contributed by atoms with Crippen molar-refractivity contribution in [2.75, 3.05) is 32.1 Å². The smallest absolute Gasteiger partial charge is 0.231 e. The van der Waals surface area contributed by atoms with E-state index in [0.29, 0.717) is 6.54 Å². The Bertz CT molecular complexity index is 704. The summed E-state index contributed by atoms with van der Waals surface area (Å²) in [5, 5.41) is 0.855. The van der Waals surface area contributed by atoms with Crippen molar-refractivity contribution >= 4 is 32.6 Å².